The maximum atomic E-state index is 13.4. The van der Waals surface area contributed by atoms with Crippen molar-refractivity contribution in [2.75, 3.05) is 25.1 Å². The van der Waals surface area contributed by atoms with E-state index in [1.165, 1.54) is 23.7 Å². The first-order valence-corrected chi connectivity index (χ1v) is 12.8. The molecule has 1 heterocycles. The highest BCUT2D eigenvalue weighted by molar-refractivity contribution is 7.13. The Kier molecular flexibility index (Phi) is 6.99. The SMILES string of the molecule is CCOCCCNC(=O)c1ccc(C(=O)Nc2cccc3c2C(=O)c2cccc4snc-3c24)cc1C(=O)O. The minimum atomic E-state index is -1.34. The molecule has 10 heteroatoms. The number of nitrogens with zero attached hydrogens (tertiary/aromatic N) is 1. The van der Waals surface area contributed by atoms with Gasteiger partial charge in [-0.3, -0.25) is 14.4 Å². The number of ether oxygens (including phenoxy) is 1. The summed E-state index contributed by atoms with van der Waals surface area (Å²) in [4.78, 5) is 51.1. The fourth-order valence-corrected chi connectivity index (χ4v) is 5.29. The van der Waals surface area contributed by atoms with Crippen LogP contribution in [-0.4, -0.2) is 52.8 Å². The van der Waals surface area contributed by atoms with Crippen molar-refractivity contribution < 1.29 is 29.0 Å². The number of fused-ring (bicyclic) bond motifs is 2. The molecule has 0 bridgehead atoms. The minimum Gasteiger partial charge on any atom is -0.478 e. The Morgan fingerprint density at radius 1 is 1.00 bits per heavy atom. The molecule has 38 heavy (non-hydrogen) atoms. The molecule has 0 unspecified atom stereocenters. The topological polar surface area (TPSA) is 135 Å². The maximum absolute atomic E-state index is 13.4. The summed E-state index contributed by atoms with van der Waals surface area (Å²) in [6, 6.07) is 14.4. The number of carbonyl (C=O) groups is 4. The van der Waals surface area contributed by atoms with Crippen LogP contribution in [-0.2, 0) is 4.74 Å². The zero-order valence-electron chi connectivity index (χ0n) is 20.4. The lowest BCUT2D eigenvalue weighted by Gasteiger charge is -2.19. The summed E-state index contributed by atoms with van der Waals surface area (Å²) in [5.41, 5.74) is 2.13. The molecule has 3 aromatic carbocycles. The Labute approximate surface area is 221 Å². The average molecular weight is 530 g/mol. The number of ketones is 1. The van der Waals surface area contributed by atoms with Crippen molar-refractivity contribution in [2.24, 2.45) is 0 Å². The molecule has 0 saturated heterocycles. The van der Waals surface area contributed by atoms with Gasteiger partial charge in [0.15, 0.2) is 5.78 Å². The molecule has 0 atom stereocenters. The molecule has 2 amide bonds. The summed E-state index contributed by atoms with van der Waals surface area (Å²) in [5.74, 6) is -2.73. The third kappa shape index (κ3) is 4.55. The Morgan fingerprint density at radius 3 is 2.58 bits per heavy atom. The van der Waals surface area contributed by atoms with Gasteiger partial charge in [-0.25, -0.2) is 4.79 Å². The molecule has 4 aromatic rings. The number of amides is 2. The van der Waals surface area contributed by atoms with Crippen molar-refractivity contribution in [3.63, 3.8) is 0 Å². The van der Waals surface area contributed by atoms with E-state index in [1.807, 2.05) is 13.0 Å². The fraction of sp³-hybridized carbons (Fsp3) is 0.179. The van der Waals surface area contributed by atoms with E-state index in [0.717, 1.165) is 16.2 Å². The van der Waals surface area contributed by atoms with Crippen molar-refractivity contribution in [1.82, 2.24) is 9.69 Å². The van der Waals surface area contributed by atoms with Crippen molar-refractivity contribution in [1.29, 1.82) is 0 Å². The van der Waals surface area contributed by atoms with Crippen LogP contribution in [0.25, 0.3) is 21.3 Å². The molecule has 0 radical (unpaired) electrons. The lowest BCUT2D eigenvalue weighted by molar-refractivity contribution is 0.0690. The minimum absolute atomic E-state index is 0.0348. The number of hydrogen-bond acceptors (Lipinski definition) is 7. The summed E-state index contributed by atoms with van der Waals surface area (Å²) in [7, 11) is 0. The first kappa shape index (κ1) is 25.2. The van der Waals surface area contributed by atoms with Crippen molar-refractivity contribution >= 4 is 50.9 Å². The van der Waals surface area contributed by atoms with Gasteiger partial charge >= 0.3 is 5.97 Å². The van der Waals surface area contributed by atoms with E-state index >= 15 is 0 Å². The van der Waals surface area contributed by atoms with Crippen LogP contribution in [0.2, 0.25) is 0 Å². The summed E-state index contributed by atoms with van der Waals surface area (Å²) in [5, 5.41) is 15.9. The molecule has 5 rings (SSSR count). The van der Waals surface area contributed by atoms with Crippen LogP contribution in [0.15, 0.2) is 54.6 Å². The summed E-state index contributed by atoms with van der Waals surface area (Å²) < 4.78 is 10.7. The number of anilines is 1. The van der Waals surface area contributed by atoms with Gasteiger partial charge in [0, 0.05) is 41.8 Å². The zero-order valence-corrected chi connectivity index (χ0v) is 21.2. The van der Waals surface area contributed by atoms with Crippen molar-refractivity contribution in [2.45, 2.75) is 13.3 Å². The number of benzene rings is 3. The second-order valence-corrected chi connectivity index (χ2v) is 9.40. The summed E-state index contributed by atoms with van der Waals surface area (Å²) in [6.07, 6.45) is 0.583. The van der Waals surface area contributed by atoms with Crippen LogP contribution in [0.4, 0.5) is 5.69 Å². The maximum Gasteiger partial charge on any atom is 0.336 e. The first-order valence-electron chi connectivity index (χ1n) is 12.0. The third-order valence-corrected chi connectivity index (χ3v) is 7.06. The van der Waals surface area contributed by atoms with Crippen LogP contribution < -0.4 is 10.6 Å². The number of carboxylic acid groups (broad SMARTS) is 1. The summed E-state index contributed by atoms with van der Waals surface area (Å²) in [6.45, 7) is 3.24. The lowest BCUT2D eigenvalue weighted by Crippen LogP contribution is -2.27. The van der Waals surface area contributed by atoms with Gasteiger partial charge in [0.2, 0.25) is 0 Å². The molecule has 1 aliphatic carbocycles. The van der Waals surface area contributed by atoms with E-state index in [9.17, 15) is 24.3 Å². The number of aromatic carboxylic acids is 1. The van der Waals surface area contributed by atoms with Gasteiger partial charge in [0.25, 0.3) is 11.8 Å². The smallest absolute Gasteiger partial charge is 0.336 e. The molecule has 0 fully saturated rings. The Bertz CT molecular complexity index is 1610. The van der Waals surface area contributed by atoms with Crippen LogP contribution in [0, 0.1) is 0 Å². The van der Waals surface area contributed by atoms with Gasteiger partial charge in [-0.05, 0) is 55.2 Å². The van der Waals surface area contributed by atoms with E-state index in [-0.39, 0.29) is 22.5 Å². The number of carboxylic acids is 1. The molecular formula is C28H23N3O6S. The number of nitrogens with one attached hydrogen (secondary N) is 2. The molecule has 0 aliphatic heterocycles. The van der Waals surface area contributed by atoms with Gasteiger partial charge in [0.1, 0.15) is 0 Å². The average Bonchev–Trinajstić information content (AvgIpc) is 3.36. The second kappa shape index (κ2) is 10.5. The van der Waals surface area contributed by atoms with Crippen LogP contribution in [0.5, 0.6) is 0 Å². The van der Waals surface area contributed by atoms with Gasteiger partial charge in [-0.15, -0.1) is 0 Å². The Balaban J connectivity index is 1.41. The Morgan fingerprint density at radius 2 is 1.79 bits per heavy atom. The van der Waals surface area contributed by atoms with Gasteiger partial charge < -0.3 is 20.5 Å². The van der Waals surface area contributed by atoms with Gasteiger partial charge in [-0.1, -0.05) is 24.3 Å². The number of carbonyl (C=O) groups excluding carboxylic acids is 3. The fourth-order valence-electron chi connectivity index (χ4n) is 4.47. The lowest BCUT2D eigenvalue weighted by atomic mass is 9.86. The number of rotatable bonds is 9. The molecule has 192 valence electrons. The standard InChI is InChI=1S/C28H23N3O6S/c1-2-37-13-5-12-29-27(34)16-11-10-15(14-19(16)28(35)36)26(33)30-20-8-3-6-17-22(20)25(32)18-7-4-9-21-23(18)24(17)31-38-21/h3-4,6-11,14H,2,5,12-13H2,1H3,(H,29,34)(H,30,33)(H,35,36). The normalized spacial score (nSPS) is 11.8. The van der Waals surface area contributed by atoms with E-state index in [0.29, 0.717) is 54.3 Å². The van der Waals surface area contributed by atoms with E-state index in [4.69, 9.17) is 4.74 Å². The highest BCUT2D eigenvalue weighted by Crippen LogP contribution is 2.42. The summed E-state index contributed by atoms with van der Waals surface area (Å²) >= 11 is 1.31. The Hall–Kier alpha value is -4.41. The number of aromatic nitrogens is 1. The molecule has 3 N–H and O–H groups in total. The quantitative estimate of drug-likeness (QED) is 0.237. The van der Waals surface area contributed by atoms with Crippen LogP contribution >= 0.6 is 11.5 Å². The predicted octanol–water partition coefficient (Wildman–Crippen LogP) is 4.61. The van der Waals surface area contributed by atoms with E-state index < -0.39 is 17.8 Å². The molecule has 1 aromatic heterocycles. The third-order valence-electron chi connectivity index (χ3n) is 6.25. The van der Waals surface area contributed by atoms with Crippen molar-refractivity contribution in [3.05, 3.63) is 82.4 Å². The molecule has 0 spiro atoms. The van der Waals surface area contributed by atoms with Crippen molar-refractivity contribution in [3.8, 4) is 11.3 Å². The first-order chi connectivity index (χ1) is 18.4. The molecular weight excluding hydrogens is 506 g/mol. The largest absolute Gasteiger partial charge is 0.478 e. The van der Waals surface area contributed by atoms with Gasteiger partial charge in [0.05, 0.1) is 32.8 Å². The van der Waals surface area contributed by atoms with E-state index in [2.05, 4.69) is 15.0 Å². The monoisotopic (exact) mass is 529 g/mol. The van der Waals surface area contributed by atoms with Gasteiger partial charge in [-0.2, -0.15) is 4.37 Å². The zero-order chi connectivity index (χ0) is 26.8. The second-order valence-electron chi connectivity index (χ2n) is 8.59. The van der Waals surface area contributed by atoms with Crippen LogP contribution in [0.1, 0.15) is 60.3 Å². The van der Waals surface area contributed by atoms with E-state index in [1.54, 1.807) is 30.3 Å². The molecule has 9 nitrogen and oxygen atoms in total. The van der Waals surface area contributed by atoms with Crippen LogP contribution in [0.3, 0.4) is 0 Å². The predicted molar refractivity (Wildman–Crippen MR) is 143 cm³/mol. The molecule has 0 saturated carbocycles. The number of hydrogen-bond donors (Lipinski definition) is 3. The highest BCUT2D eigenvalue weighted by atomic mass is 32.1. The highest BCUT2D eigenvalue weighted by Gasteiger charge is 2.30. The molecule has 1 aliphatic rings.